The van der Waals surface area contributed by atoms with Gasteiger partial charge in [0.15, 0.2) is 5.69 Å². The second kappa shape index (κ2) is 7.33. The largest absolute Gasteiger partial charge is 0.493 e. The van der Waals surface area contributed by atoms with Crippen molar-refractivity contribution in [1.82, 2.24) is 14.8 Å². The first-order chi connectivity index (χ1) is 10.5. The lowest BCUT2D eigenvalue weighted by molar-refractivity contribution is 0.400. The summed E-state index contributed by atoms with van der Waals surface area (Å²) in [6, 6.07) is 7.64. The Morgan fingerprint density at radius 1 is 1.36 bits per heavy atom. The fourth-order valence-corrected chi connectivity index (χ4v) is 2.32. The summed E-state index contributed by atoms with van der Waals surface area (Å²) in [5.74, 6) is 0.0837. The SMILES string of the molecule is CN(C)CCCNC(=S)N=Nc1c(O)n(C)c2ccccc12. The zero-order valence-electron chi connectivity index (χ0n) is 13.1. The Hall–Kier alpha value is -1.99. The molecule has 22 heavy (non-hydrogen) atoms. The number of hydrogen-bond donors (Lipinski definition) is 2. The second-order valence-electron chi connectivity index (χ2n) is 5.34. The molecular formula is C15H21N5OS. The van der Waals surface area contributed by atoms with Crippen LogP contribution < -0.4 is 5.32 Å². The molecule has 0 amide bonds. The number of hydrogen-bond acceptors (Lipinski definition) is 4. The molecule has 1 aromatic carbocycles. The van der Waals surface area contributed by atoms with E-state index >= 15 is 0 Å². The van der Waals surface area contributed by atoms with Crippen molar-refractivity contribution in [1.29, 1.82) is 0 Å². The molecule has 0 aliphatic carbocycles. The van der Waals surface area contributed by atoms with Crippen LogP contribution in [0.4, 0.5) is 5.69 Å². The summed E-state index contributed by atoms with van der Waals surface area (Å²) in [6.07, 6.45) is 0.974. The number of rotatable bonds is 5. The molecule has 0 spiro atoms. The quantitative estimate of drug-likeness (QED) is 0.505. The van der Waals surface area contributed by atoms with Crippen LogP contribution in [0.3, 0.4) is 0 Å². The van der Waals surface area contributed by atoms with E-state index in [1.54, 1.807) is 11.6 Å². The predicted octanol–water partition coefficient (Wildman–Crippen LogP) is 2.79. The number of para-hydroxylation sites is 1. The summed E-state index contributed by atoms with van der Waals surface area (Å²) in [4.78, 5) is 2.11. The number of aryl methyl sites for hydroxylation is 1. The lowest BCUT2D eigenvalue weighted by Crippen LogP contribution is -2.24. The van der Waals surface area contributed by atoms with Crippen molar-refractivity contribution in [2.75, 3.05) is 27.2 Å². The van der Waals surface area contributed by atoms with Gasteiger partial charge in [0.2, 0.25) is 11.0 Å². The highest BCUT2D eigenvalue weighted by molar-refractivity contribution is 7.80. The van der Waals surface area contributed by atoms with Crippen LogP contribution in [0.5, 0.6) is 5.88 Å². The predicted molar refractivity (Wildman–Crippen MR) is 92.9 cm³/mol. The number of aromatic hydroxyl groups is 1. The number of thiocarbonyl (C=S) groups is 1. The number of nitrogens with zero attached hydrogens (tertiary/aromatic N) is 4. The van der Waals surface area contributed by atoms with Crippen molar-refractivity contribution in [3.8, 4) is 5.88 Å². The fraction of sp³-hybridized carbons (Fsp3) is 0.400. The minimum Gasteiger partial charge on any atom is -0.493 e. The maximum absolute atomic E-state index is 10.1. The van der Waals surface area contributed by atoms with Gasteiger partial charge in [-0.25, -0.2) is 0 Å². The van der Waals surface area contributed by atoms with E-state index in [2.05, 4.69) is 20.4 Å². The van der Waals surface area contributed by atoms with Crippen LogP contribution in [0.25, 0.3) is 10.9 Å². The molecule has 0 bridgehead atoms. The lowest BCUT2D eigenvalue weighted by Gasteiger charge is -2.09. The molecule has 118 valence electrons. The maximum Gasteiger partial charge on any atom is 0.220 e. The highest BCUT2D eigenvalue weighted by Gasteiger charge is 2.13. The van der Waals surface area contributed by atoms with Crippen LogP contribution in [0.15, 0.2) is 34.5 Å². The van der Waals surface area contributed by atoms with E-state index in [0.29, 0.717) is 10.8 Å². The third-order valence-corrected chi connectivity index (χ3v) is 3.58. The number of azo groups is 1. The average Bonchev–Trinajstić information content (AvgIpc) is 2.74. The van der Waals surface area contributed by atoms with Gasteiger partial charge < -0.3 is 19.9 Å². The van der Waals surface area contributed by atoms with Crippen molar-refractivity contribution < 1.29 is 5.11 Å². The van der Waals surface area contributed by atoms with E-state index in [1.807, 2.05) is 38.4 Å². The number of benzene rings is 1. The van der Waals surface area contributed by atoms with Gasteiger partial charge in [-0.1, -0.05) is 18.2 Å². The van der Waals surface area contributed by atoms with Gasteiger partial charge in [0.05, 0.1) is 5.52 Å². The number of aromatic nitrogens is 1. The highest BCUT2D eigenvalue weighted by atomic mass is 32.1. The molecule has 0 aliphatic heterocycles. The van der Waals surface area contributed by atoms with E-state index in [9.17, 15) is 5.11 Å². The van der Waals surface area contributed by atoms with Crippen molar-refractivity contribution in [3.63, 3.8) is 0 Å². The van der Waals surface area contributed by atoms with Gasteiger partial charge in [0, 0.05) is 19.0 Å². The molecule has 0 fully saturated rings. The van der Waals surface area contributed by atoms with E-state index in [4.69, 9.17) is 12.2 Å². The molecule has 2 N–H and O–H groups in total. The van der Waals surface area contributed by atoms with Gasteiger partial charge in [-0.05, 0) is 45.3 Å². The van der Waals surface area contributed by atoms with Crippen LogP contribution in [-0.4, -0.2) is 46.9 Å². The molecule has 0 saturated carbocycles. The first-order valence-corrected chi connectivity index (χ1v) is 7.52. The second-order valence-corrected chi connectivity index (χ2v) is 5.72. The molecular weight excluding hydrogens is 298 g/mol. The van der Waals surface area contributed by atoms with Crippen LogP contribution >= 0.6 is 12.2 Å². The molecule has 0 radical (unpaired) electrons. The van der Waals surface area contributed by atoms with Gasteiger partial charge in [0.25, 0.3) is 0 Å². The summed E-state index contributed by atoms with van der Waals surface area (Å²) >= 11 is 5.13. The Morgan fingerprint density at radius 2 is 2.09 bits per heavy atom. The average molecular weight is 319 g/mol. The van der Waals surface area contributed by atoms with E-state index < -0.39 is 0 Å². The first-order valence-electron chi connectivity index (χ1n) is 7.11. The topological polar surface area (TPSA) is 65.2 Å². The molecule has 0 saturated heterocycles. The van der Waals surface area contributed by atoms with Crippen molar-refractivity contribution in [2.24, 2.45) is 17.3 Å². The molecule has 0 aliphatic rings. The minimum atomic E-state index is 0.0837. The monoisotopic (exact) mass is 319 g/mol. The highest BCUT2D eigenvalue weighted by Crippen LogP contribution is 2.37. The molecule has 2 rings (SSSR count). The summed E-state index contributed by atoms with van der Waals surface area (Å²) in [6.45, 7) is 1.73. The van der Waals surface area contributed by atoms with Crippen LogP contribution in [0, 0.1) is 0 Å². The fourth-order valence-electron chi connectivity index (χ4n) is 2.18. The Labute approximate surface area is 135 Å². The summed E-state index contributed by atoms with van der Waals surface area (Å²) < 4.78 is 1.68. The van der Waals surface area contributed by atoms with E-state index in [-0.39, 0.29) is 5.88 Å². The first kappa shape index (κ1) is 16.4. The lowest BCUT2D eigenvalue weighted by atomic mass is 10.2. The van der Waals surface area contributed by atoms with E-state index in [1.165, 1.54) is 0 Å². The molecule has 2 aromatic rings. The smallest absolute Gasteiger partial charge is 0.220 e. The molecule has 7 heteroatoms. The van der Waals surface area contributed by atoms with Gasteiger partial charge in [-0.15, -0.1) is 10.2 Å². The number of nitrogens with one attached hydrogen (secondary N) is 1. The standard InChI is InChI=1S/C15H21N5OS/c1-19(2)10-6-9-16-15(22)18-17-13-11-7-4-5-8-12(11)20(3)14(13)21/h4-5,7-8,21H,6,9-10H2,1-3H3,(H,16,22). The van der Waals surface area contributed by atoms with Crippen LogP contribution in [-0.2, 0) is 7.05 Å². The van der Waals surface area contributed by atoms with Gasteiger partial charge >= 0.3 is 0 Å². The van der Waals surface area contributed by atoms with Gasteiger partial charge in [0.1, 0.15) is 0 Å². The summed E-state index contributed by atoms with van der Waals surface area (Å²) in [5.41, 5.74) is 1.34. The van der Waals surface area contributed by atoms with Crippen LogP contribution in [0.2, 0.25) is 0 Å². The summed E-state index contributed by atoms with van der Waals surface area (Å²) in [5, 5.41) is 22.5. The van der Waals surface area contributed by atoms with E-state index in [0.717, 1.165) is 30.4 Å². The normalized spacial score (nSPS) is 11.6. The number of fused-ring (bicyclic) bond motifs is 1. The minimum absolute atomic E-state index is 0.0837. The third kappa shape index (κ3) is 3.80. The third-order valence-electron chi connectivity index (χ3n) is 3.35. The molecule has 0 unspecified atom stereocenters. The molecule has 1 aromatic heterocycles. The molecule has 6 nitrogen and oxygen atoms in total. The zero-order chi connectivity index (χ0) is 16.1. The van der Waals surface area contributed by atoms with Gasteiger partial charge in [-0.2, -0.15) is 0 Å². The maximum atomic E-state index is 10.1. The Balaban J connectivity index is 2.04. The van der Waals surface area contributed by atoms with Crippen molar-refractivity contribution in [2.45, 2.75) is 6.42 Å². The Bertz CT molecular complexity index is 693. The van der Waals surface area contributed by atoms with Gasteiger partial charge in [-0.3, -0.25) is 0 Å². The molecule has 1 heterocycles. The van der Waals surface area contributed by atoms with Crippen molar-refractivity contribution in [3.05, 3.63) is 24.3 Å². The van der Waals surface area contributed by atoms with Crippen molar-refractivity contribution >= 4 is 33.9 Å². The van der Waals surface area contributed by atoms with Crippen LogP contribution in [0.1, 0.15) is 6.42 Å². The zero-order valence-corrected chi connectivity index (χ0v) is 13.9. The summed E-state index contributed by atoms with van der Waals surface area (Å²) in [7, 11) is 5.84. The molecule has 0 atom stereocenters. The Morgan fingerprint density at radius 3 is 2.82 bits per heavy atom. The Kier molecular flexibility index (Phi) is 5.46.